The second-order valence-electron chi connectivity index (χ2n) is 5.17. The summed E-state index contributed by atoms with van der Waals surface area (Å²) in [4.78, 5) is 23.8. The van der Waals surface area contributed by atoms with E-state index in [9.17, 15) is 14.7 Å². The minimum absolute atomic E-state index is 0.342. The quantitative estimate of drug-likeness (QED) is 0.806. The minimum Gasteiger partial charge on any atom is -0.495 e. The number of rotatable bonds is 5. The second-order valence-corrected chi connectivity index (χ2v) is 5.58. The first-order valence-corrected chi connectivity index (χ1v) is 7.46. The fourth-order valence-electron chi connectivity index (χ4n) is 2.56. The molecule has 2 N–H and O–H groups in total. The number of nitrogens with one attached hydrogen (secondary N) is 1. The summed E-state index contributed by atoms with van der Waals surface area (Å²) in [5.74, 6) is -1.95. The van der Waals surface area contributed by atoms with Gasteiger partial charge in [-0.2, -0.15) is 0 Å². The molecule has 0 aliphatic heterocycles. The number of hydrogen-bond donors (Lipinski definition) is 2. The molecule has 1 aromatic rings. The largest absolute Gasteiger partial charge is 0.495 e. The van der Waals surface area contributed by atoms with Gasteiger partial charge in [0.2, 0.25) is 5.91 Å². The molecule has 0 fully saturated rings. The van der Waals surface area contributed by atoms with Gasteiger partial charge in [-0.3, -0.25) is 9.59 Å². The van der Waals surface area contributed by atoms with Crippen LogP contribution in [-0.4, -0.2) is 31.2 Å². The van der Waals surface area contributed by atoms with Crippen LogP contribution in [0.2, 0.25) is 5.02 Å². The summed E-state index contributed by atoms with van der Waals surface area (Å²) >= 11 is 6.03. The molecule has 0 heterocycles. The number of benzene rings is 1. The van der Waals surface area contributed by atoms with Gasteiger partial charge in [-0.1, -0.05) is 23.8 Å². The molecule has 7 heteroatoms. The van der Waals surface area contributed by atoms with Gasteiger partial charge in [0, 0.05) is 12.1 Å². The number of methoxy groups -OCH3 is 2. The molecule has 124 valence electrons. The van der Waals surface area contributed by atoms with Gasteiger partial charge < -0.3 is 19.9 Å². The van der Waals surface area contributed by atoms with Crippen molar-refractivity contribution >= 4 is 29.2 Å². The van der Waals surface area contributed by atoms with Crippen molar-refractivity contribution in [1.29, 1.82) is 0 Å². The maximum absolute atomic E-state index is 12.5. The summed E-state index contributed by atoms with van der Waals surface area (Å²) in [5.41, 5.74) is 0.387. The fourth-order valence-corrected chi connectivity index (χ4v) is 2.79. The van der Waals surface area contributed by atoms with Crippen LogP contribution in [0.5, 0.6) is 11.5 Å². The number of hydrogen-bond acceptors (Lipinski definition) is 4. The molecule has 0 bridgehead atoms. The van der Waals surface area contributed by atoms with Crippen molar-refractivity contribution < 1.29 is 24.2 Å². The highest BCUT2D eigenvalue weighted by molar-refractivity contribution is 6.32. The van der Waals surface area contributed by atoms with Crippen LogP contribution in [0.1, 0.15) is 12.8 Å². The molecule has 1 aromatic carbocycles. The van der Waals surface area contributed by atoms with Crippen LogP contribution in [0.4, 0.5) is 5.69 Å². The highest BCUT2D eigenvalue weighted by Gasteiger charge is 2.34. The fraction of sp³-hybridized carbons (Fsp3) is 0.375. The van der Waals surface area contributed by atoms with E-state index in [-0.39, 0.29) is 5.91 Å². The number of halogens is 1. The zero-order valence-corrected chi connectivity index (χ0v) is 13.6. The van der Waals surface area contributed by atoms with Gasteiger partial charge in [-0.25, -0.2) is 0 Å². The lowest BCUT2D eigenvalue weighted by atomic mass is 9.82. The minimum atomic E-state index is -0.977. The van der Waals surface area contributed by atoms with Crippen molar-refractivity contribution in [3.8, 4) is 11.5 Å². The number of carbonyl (C=O) groups excluding carboxylic acids is 1. The Balaban J connectivity index is 2.25. The Morgan fingerprint density at radius 3 is 2.30 bits per heavy atom. The Bertz CT molecular complexity index is 644. The molecule has 2 atom stereocenters. The molecular weight excluding hydrogens is 322 g/mol. The molecule has 0 saturated carbocycles. The highest BCUT2D eigenvalue weighted by Crippen LogP contribution is 2.37. The molecule has 1 aliphatic rings. The summed E-state index contributed by atoms with van der Waals surface area (Å²) in [6.45, 7) is 0. The molecule has 1 aliphatic carbocycles. The molecule has 6 nitrogen and oxygen atoms in total. The third-order valence-electron chi connectivity index (χ3n) is 3.82. The lowest BCUT2D eigenvalue weighted by Gasteiger charge is -2.24. The Morgan fingerprint density at radius 2 is 1.74 bits per heavy atom. The standard InChI is InChI=1S/C16H18ClNO5/c1-22-13-8-12(14(23-2)7-11(13)17)18-15(19)9-5-3-4-6-10(9)16(20)21/h3-4,7-10H,5-6H2,1-2H3,(H,18,19)(H,20,21)/t9-,10-/m0/s1. The first kappa shape index (κ1) is 17.1. The van der Waals surface area contributed by atoms with Crippen molar-refractivity contribution in [2.45, 2.75) is 12.8 Å². The number of carboxylic acid groups (broad SMARTS) is 1. The van der Waals surface area contributed by atoms with Crippen LogP contribution in [-0.2, 0) is 9.59 Å². The van der Waals surface area contributed by atoms with Crippen LogP contribution in [0.15, 0.2) is 24.3 Å². The normalized spacial score (nSPS) is 20.0. The van der Waals surface area contributed by atoms with E-state index in [1.807, 2.05) is 6.08 Å². The van der Waals surface area contributed by atoms with Gasteiger partial charge in [-0.15, -0.1) is 0 Å². The van der Waals surface area contributed by atoms with Crippen LogP contribution >= 0.6 is 11.6 Å². The van der Waals surface area contributed by atoms with Crippen LogP contribution < -0.4 is 14.8 Å². The molecule has 2 rings (SSSR count). The SMILES string of the molecule is COc1cc(NC(=O)[C@H]2CC=CC[C@@H]2C(=O)O)c(OC)cc1Cl. The maximum atomic E-state index is 12.5. The Kier molecular flexibility index (Phi) is 5.50. The van der Waals surface area contributed by atoms with Crippen molar-refractivity contribution in [3.63, 3.8) is 0 Å². The average molecular weight is 340 g/mol. The number of ether oxygens (including phenoxy) is 2. The van der Waals surface area contributed by atoms with E-state index in [4.69, 9.17) is 21.1 Å². The van der Waals surface area contributed by atoms with Gasteiger partial charge in [-0.05, 0) is 12.8 Å². The van der Waals surface area contributed by atoms with E-state index < -0.39 is 17.8 Å². The number of aliphatic carboxylic acids is 1. The zero-order valence-electron chi connectivity index (χ0n) is 12.8. The van der Waals surface area contributed by atoms with Crippen LogP contribution in [0.25, 0.3) is 0 Å². The first-order chi connectivity index (χ1) is 11.0. The Labute approximate surface area is 139 Å². The summed E-state index contributed by atoms with van der Waals surface area (Å²) in [5, 5.41) is 12.3. The third kappa shape index (κ3) is 3.76. The van der Waals surface area contributed by atoms with Crippen molar-refractivity contribution in [1.82, 2.24) is 0 Å². The number of allylic oxidation sites excluding steroid dienone is 2. The van der Waals surface area contributed by atoms with E-state index >= 15 is 0 Å². The van der Waals surface area contributed by atoms with Gasteiger partial charge in [0.15, 0.2) is 0 Å². The smallest absolute Gasteiger partial charge is 0.307 e. The number of amides is 1. The molecule has 0 aromatic heterocycles. The van der Waals surface area contributed by atoms with Crippen molar-refractivity contribution in [2.75, 3.05) is 19.5 Å². The monoisotopic (exact) mass is 339 g/mol. The first-order valence-electron chi connectivity index (χ1n) is 7.08. The van der Waals surface area contributed by atoms with Gasteiger partial charge >= 0.3 is 5.97 Å². The Morgan fingerprint density at radius 1 is 1.13 bits per heavy atom. The van der Waals surface area contributed by atoms with Crippen LogP contribution in [0.3, 0.4) is 0 Å². The molecule has 0 radical (unpaired) electrons. The molecule has 0 saturated heterocycles. The predicted molar refractivity (Wildman–Crippen MR) is 86.2 cm³/mol. The van der Waals surface area contributed by atoms with E-state index in [0.717, 1.165) is 0 Å². The summed E-state index contributed by atoms with van der Waals surface area (Å²) in [6, 6.07) is 3.08. The molecule has 23 heavy (non-hydrogen) atoms. The number of carbonyl (C=O) groups is 2. The summed E-state index contributed by atoms with van der Waals surface area (Å²) in [6.07, 6.45) is 4.34. The Hall–Kier alpha value is -2.21. The zero-order chi connectivity index (χ0) is 17.0. The molecule has 0 unspecified atom stereocenters. The predicted octanol–water partition coefficient (Wildman–Crippen LogP) is 2.96. The summed E-state index contributed by atoms with van der Waals surface area (Å²) in [7, 11) is 2.92. The van der Waals surface area contributed by atoms with Gasteiger partial charge in [0.25, 0.3) is 0 Å². The number of anilines is 1. The summed E-state index contributed by atoms with van der Waals surface area (Å²) < 4.78 is 10.3. The lowest BCUT2D eigenvalue weighted by molar-refractivity contribution is -0.146. The molecule has 0 spiro atoms. The van der Waals surface area contributed by atoms with E-state index in [2.05, 4.69) is 5.32 Å². The van der Waals surface area contributed by atoms with Gasteiger partial charge in [0.05, 0.1) is 36.8 Å². The maximum Gasteiger partial charge on any atom is 0.307 e. The van der Waals surface area contributed by atoms with E-state index in [1.54, 1.807) is 12.1 Å². The molecule has 1 amide bonds. The van der Waals surface area contributed by atoms with Crippen molar-refractivity contribution in [3.05, 3.63) is 29.3 Å². The van der Waals surface area contributed by atoms with E-state index in [1.165, 1.54) is 20.3 Å². The average Bonchev–Trinajstić information content (AvgIpc) is 2.55. The second kappa shape index (κ2) is 7.37. The molecular formula is C16H18ClNO5. The topological polar surface area (TPSA) is 84.9 Å². The lowest BCUT2D eigenvalue weighted by Crippen LogP contribution is -2.34. The number of carboxylic acids is 1. The van der Waals surface area contributed by atoms with Gasteiger partial charge in [0.1, 0.15) is 11.5 Å². The highest BCUT2D eigenvalue weighted by atomic mass is 35.5. The van der Waals surface area contributed by atoms with E-state index in [0.29, 0.717) is 35.1 Å². The van der Waals surface area contributed by atoms with Crippen molar-refractivity contribution in [2.24, 2.45) is 11.8 Å². The third-order valence-corrected chi connectivity index (χ3v) is 4.11. The van der Waals surface area contributed by atoms with Crippen LogP contribution in [0, 0.1) is 11.8 Å².